The van der Waals surface area contributed by atoms with Gasteiger partial charge in [-0.25, -0.2) is 4.79 Å². The molecule has 0 saturated carbocycles. The smallest absolute Gasteiger partial charge is 0.347 e. The number of rotatable bonds is 7. The minimum atomic E-state index is -0.887. The molecule has 7 nitrogen and oxygen atoms in total. The number of Topliss-reactive ketones (excluding diaryl/α,β-unsaturated/α-hetero) is 1. The highest BCUT2D eigenvalue weighted by Crippen LogP contribution is 2.19. The van der Waals surface area contributed by atoms with Crippen LogP contribution in [0.3, 0.4) is 0 Å². The molecule has 0 fully saturated rings. The van der Waals surface area contributed by atoms with Gasteiger partial charge in [0.05, 0.1) is 4.92 Å². The number of benzene rings is 2. The van der Waals surface area contributed by atoms with Crippen LogP contribution < -0.4 is 4.74 Å². The number of aryl methyl sites for hydroxylation is 1. The molecule has 25 heavy (non-hydrogen) atoms. The van der Waals surface area contributed by atoms with Gasteiger partial charge in [-0.2, -0.15) is 0 Å². The van der Waals surface area contributed by atoms with Crippen molar-refractivity contribution in [2.75, 3.05) is 6.61 Å². The van der Waals surface area contributed by atoms with E-state index in [-0.39, 0.29) is 11.3 Å². The Morgan fingerprint density at radius 3 is 2.48 bits per heavy atom. The van der Waals surface area contributed by atoms with Gasteiger partial charge in [-0.3, -0.25) is 14.9 Å². The third kappa shape index (κ3) is 4.87. The van der Waals surface area contributed by atoms with Crippen molar-refractivity contribution in [2.24, 2.45) is 0 Å². The van der Waals surface area contributed by atoms with Gasteiger partial charge in [-0.15, -0.1) is 0 Å². The summed E-state index contributed by atoms with van der Waals surface area (Å²) in [6, 6.07) is 12.9. The van der Waals surface area contributed by atoms with E-state index in [9.17, 15) is 19.7 Å². The maximum atomic E-state index is 12.1. The second-order valence-electron chi connectivity index (χ2n) is 5.36. The summed E-state index contributed by atoms with van der Waals surface area (Å²) in [5, 5.41) is 10.9. The lowest BCUT2D eigenvalue weighted by Gasteiger charge is -2.13. The van der Waals surface area contributed by atoms with Gasteiger partial charge in [-0.1, -0.05) is 30.3 Å². The molecule has 130 valence electrons. The molecule has 0 spiro atoms. The Morgan fingerprint density at radius 1 is 1.16 bits per heavy atom. The molecule has 7 heteroatoms. The van der Waals surface area contributed by atoms with E-state index < -0.39 is 29.4 Å². The van der Waals surface area contributed by atoms with Crippen molar-refractivity contribution in [2.45, 2.75) is 20.0 Å². The molecule has 0 amide bonds. The molecular weight excluding hydrogens is 326 g/mol. The van der Waals surface area contributed by atoms with Crippen LogP contribution in [0.4, 0.5) is 5.69 Å². The van der Waals surface area contributed by atoms with Gasteiger partial charge in [0.2, 0.25) is 5.78 Å². The second-order valence-corrected chi connectivity index (χ2v) is 5.36. The summed E-state index contributed by atoms with van der Waals surface area (Å²) < 4.78 is 10.3. The Bertz CT molecular complexity index is 787. The van der Waals surface area contributed by atoms with Crippen LogP contribution in [0.15, 0.2) is 48.5 Å². The molecule has 0 unspecified atom stereocenters. The van der Waals surface area contributed by atoms with Crippen molar-refractivity contribution in [3.8, 4) is 5.75 Å². The highest BCUT2D eigenvalue weighted by atomic mass is 16.6. The topological polar surface area (TPSA) is 95.7 Å². The van der Waals surface area contributed by atoms with Crippen molar-refractivity contribution in [1.29, 1.82) is 0 Å². The molecular formula is C18H17NO6. The fourth-order valence-electron chi connectivity index (χ4n) is 2.07. The lowest BCUT2D eigenvalue weighted by atomic mass is 10.1. The molecule has 1 atom stereocenters. The first-order valence-corrected chi connectivity index (χ1v) is 7.55. The van der Waals surface area contributed by atoms with E-state index in [1.54, 1.807) is 31.2 Å². The maximum absolute atomic E-state index is 12.1. The summed E-state index contributed by atoms with van der Waals surface area (Å²) in [7, 11) is 0. The van der Waals surface area contributed by atoms with Crippen molar-refractivity contribution >= 4 is 17.4 Å². The first-order chi connectivity index (χ1) is 11.9. The summed E-state index contributed by atoms with van der Waals surface area (Å²) in [5.41, 5.74) is 0.406. The molecule has 0 saturated heterocycles. The Labute approximate surface area is 144 Å². The van der Waals surface area contributed by atoms with Crippen LogP contribution in [0.25, 0.3) is 0 Å². The Hall–Kier alpha value is -3.22. The van der Waals surface area contributed by atoms with Gasteiger partial charge in [0.25, 0.3) is 5.69 Å². The molecule has 2 rings (SSSR count). The minimum absolute atomic E-state index is 0.113. The van der Waals surface area contributed by atoms with Gasteiger partial charge in [0.1, 0.15) is 5.75 Å². The van der Waals surface area contributed by atoms with Gasteiger partial charge >= 0.3 is 5.97 Å². The molecule has 2 aromatic rings. The number of nitro benzene ring substituents is 1. The molecule has 0 bridgehead atoms. The van der Waals surface area contributed by atoms with Crippen LogP contribution in [-0.2, 0) is 9.53 Å². The van der Waals surface area contributed by atoms with Gasteiger partial charge in [0, 0.05) is 17.2 Å². The van der Waals surface area contributed by atoms with Crippen molar-refractivity contribution in [3.05, 3.63) is 69.8 Å². The summed E-state index contributed by atoms with van der Waals surface area (Å²) in [4.78, 5) is 34.3. The minimum Gasteiger partial charge on any atom is -0.479 e. The maximum Gasteiger partial charge on any atom is 0.347 e. The SMILES string of the molecule is Cc1ccc(C(=O)COC(=O)[C@H](C)Oc2ccccc2)cc1[N+](=O)[O-]. The Morgan fingerprint density at radius 2 is 1.84 bits per heavy atom. The molecule has 0 heterocycles. The third-order valence-corrected chi connectivity index (χ3v) is 3.46. The molecule has 0 aromatic heterocycles. The molecule has 0 aliphatic heterocycles. The van der Waals surface area contributed by atoms with Crippen LogP contribution in [0, 0.1) is 17.0 Å². The number of nitrogens with zero attached hydrogens (tertiary/aromatic N) is 1. The number of ether oxygens (including phenoxy) is 2. The number of ketones is 1. The summed E-state index contributed by atoms with van der Waals surface area (Å²) in [6.45, 7) is 2.58. The molecule has 0 radical (unpaired) electrons. The van der Waals surface area contributed by atoms with Gasteiger partial charge in [0.15, 0.2) is 12.7 Å². The zero-order valence-corrected chi connectivity index (χ0v) is 13.8. The Balaban J connectivity index is 1.94. The largest absolute Gasteiger partial charge is 0.479 e. The van der Waals surface area contributed by atoms with Crippen molar-refractivity contribution in [3.63, 3.8) is 0 Å². The quantitative estimate of drug-likeness (QED) is 0.332. The predicted octanol–water partition coefficient (Wildman–Crippen LogP) is 3.10. The first-order valence-electron chi connectivity index (χ1n) is 7.55. The fourth-order valence-corrected chi connectivity index (χ4v) is 2.07. The molecule has 0 aliphatic carbocycles. The summed E-state index contributed by atoms with van der Waals surface area (Å²) in [6.07, 6.45) is -0.887. The fraction of sp³-hybridized carbons (Fsp3) is 0.222. The van der Waals surface area contributed by atoms with E-state index in [2.05, 4.69) is 0 Å². The van der Waals surface area contributed by atoms with Crippen LogP contribution in [-0.4, -0.2) is 29.4 Å². The predicted molar refractivity (Wildman–Crippen MR) is 89.7 cm³/mol. The normalized spacial score (nSPS) is 11.4. The highest BCUT2D eigenvalue weighted by molar-refractivity contribution is 5.98. The van der Waals surface area contributed by atoms with E-state index in [0.717, 1.165) is 0 Å². The highest BCUT2D eigenvalue weighted by Gasteiger charge is 2.20. The summed E-state index contributed by atoms with van der Waals surface area (Å²) >= 11 is 0. The first kappa shape index (κ1) is 18.1. The number of hydrogen-bond donors (Lipinski definition) is 0. The Kier molecular flexibility index (Phi) is 5.84. The van der Waals surface area contributed by atoms with Crippen molar-refractivity contribution < 1.29 is 24.0 Å². The zero-order chi connectivity index (χ0) is 18.4. The average Bonchev–Trinajstić information content (AvgIpc) is 2.60. The standard InChI is InChI=1S/C18H17NO6/c1-12-8-9-14(10-16(12)19(22)23)17(20)11-24-18(21)13(2)25-15-6-4-3-5-7-15/h3-10,13H,11H2,1-2H3/t13-/m0/s1. The number of hydrogen-bond acceptors (Lipinski definition) is 6. The monoisotopic (exact) mass is 343 g/mol. The number of carbonyl (C=O) groups is 2. The van der Waals surface area contributed by atoms with Crippen LogP contribution in [0.5, 0.6) is 5.75 Å². The molecule has 0 aliphatic rings. The lowest BCUT2D eigenvalue weighted by Crippen LogP contribution is -2.28. The number of esters is 1. The van der Waals surface area contributed by atoms with Crippen LogP contribution in [0.2, 0.25) is 0 Å². The van der Waals surface area contributed by atoms with Crippen molar-refractivity contribution in [1.82, 2.24) is 0 Å². The lowest BCUT2D eigenvalue weighted by molar-refractivity contribution is -0.385. The van der Waals surface area contributed by atoms with E-state index in [1.807, 2.05) is 6.07 Å². The molecule has 2 aromatic carbocycles. The second kappa shape index (κ2) is 8.05. The molecule has 0 N–H and O–H groups in total. The average molecular weight is 343 g/mol. The number of carbonyl (C=O) groups excluding carboxylic acids is 2. The van der Waals surface area contributed by atoms with Crippen LogP contribution in [0.1, 0.15) is 22.8 Å². The van der Waals surface area contributed by atoms with Gasteiger partial charge in [-0.05, 0) is 26.0 Å². The zero-order valence-electron chi connectivity index (χ0n) is 13.8. The summed E-state index contributed by atoms with van der Waals surface area (Å²) in [5.74, 6) is -0.713. The van der Waals surface area contributed by atoms with E-state index in [0.29, 0.717) is 11.3 Å². The van der Waals surface area contributed by atoms with E-state index in [1.165, 1.54) is 25.1 Å². The third-order valence-electron chi connectivity index (χ3n) is 3.46. The van der Waals surface area contributed by atoms with Crippen LogP contribution >= 0.6 is 0 Å². The van der Waals surface area contributed by atoms with E-state index >= 15 is 0 Å². The number of nitro groups is 1. The number of para-hydroxylation sites is 1. The van der Waals surface area contributed by atoms with E-state index in [4.69, 9.17) is 9.47 Å². The van der Waals surface area contributed by atoms with Gasteiger partial charge < -0.3 is 9.47 Å².